The number of carbonyl (C=O) groups excluding carboxylic acids is 2. The minimum Gasteiger partial charge on any atom is -0.497 e. The van der Waals surface area contributed by atoms with E-state index in [1.165, 1.54) is 17.8 Å². The minimum atomic E-state index is -1.31. The molecule has 0 bridgehead atoms. The van der Waals surface area contributed by atoms with E-state index in [4.69, 9.17) is 23.7 Å². The van der Waals surface area contributed by atoms with Gasteiger partial charge < -0.3 is 39.4 Å². The lowest BCUT2D eigenvalue weighted by molar-refractivity contribution is -0.124. The van der Waals surface area contributed by atoms with Crippen molar-refractivity contribution in [1.82, 2.24) is 14.9 Å². The number of ether oxygens (including phenoxy) is 5. The van der Waals surface area contributed by atoms with E-state index in [1.807, 2.05) is 78.9 Å². The van der Waals surface area contributed by atoms with Crippen molar-refractivity contribution in [2.45, 2.75) is 43.5 Å². The van der Waals surface area contributed by atoms with Gasteiger partial charge in [0.2, 0.25) is 5.91 Å². The molecule has 13 heteroatoms. The molecule has 0 saturated carbocycles. The Balaban J connectivity index is 1.35. The highest BCUT2D eigenvalue weighted by atomic mass is 16.6. The van der Waals surface area contributed by atoms with Gasteiger partial charge in [0.15, 0.2) is 6.23 Å². The number of nitrogens with zero attached hydrogens (tertiary/aromatic N) is 2. The Kier molecular flexibility index (Phi) is 12.4. The van der Waals surface area contributed by atoms with Crippen molar-refractivity contribution in [1.29, 1.82) is 0 Å². The van der Waals surface area contributed by atoms with Gasteiger partial charge in [-0.25, -0.2) is 4.79 Å². The number of rotatable bonds is 15. The van der Waals surface area contributed by atoms with Crippen LogP contribution in [0.5, 0.6) is 11.5 Å². The molecule has 1 saturated heterocycles. The van der Waals surface area contributed by atoms with Crippen LogP contribution in [0.1, 0.15) is 45.3 Å². The van der Waals surface area contributed by atoms with E-state index in [1.54, 1.807) is 51.5 Å². The number of carbonyl (C=O) groups is 2. The Hall–Kier alpha value is -5.86. The molecule has 4 aromatic carbocycles. The first-order valence-electron chi connectivity index (χ1n) is 17.8. The molecule has 0 spiro atoms. The van der Waals surface area contributed by atoms with E-state index in [2.05, 4.69) is 15.6 Å². The standard InChI is InChI=1S/C42H44N4O9/c1-27-25-46(41(50)45-38(27)44-39(49)28-11-7-5-8-12-28)40-37(53-24-23-35(47)43-2)36(48)34(55-40)26-54-42(29-13-9-6-10-14-29,30-15-19-32(51-3)20-16-30)31-17-21-33(52-4)22-18-31/h5-22,25,34,36-37,40,48H,23-24,26H2,1-4H3,(H,43,47)(H,44,45,49,50)/t34-,36+,37-,40-/m1/s1. The summed E-state index contributed by atoms with van der Waals surface area (Å²) in [6, 6.07) is 33.3. The lowest BCUT2D eigenvalue weighted by Crippen LogP contribution is -2.41. The maximum Gasteiger partial charge on any atom is 0.351 e. The van der Waals surface area contributed by atoms with Crippen LogP contribution in [0.15, 0.2) is 120 Å². The first-order valence-corrected chi connectivity index (χ1v) is 17.8. The Morgan fingerprint density at radius 1 is 0.855 bits per heavy atom. The molecule has 1 aliphatic rings. The predicted octanol–water partition coefficient (Wildman–Crippen LogP) is 4.61. The Morgan fingerprint density at radius 3 is 1.98 bits per heavy atom. The highest BCUT2D eigenvalue weighted by Crippen LogP contribution is 2.43. The summed E-state index contributed by atoms with van der Waals surface area (Å²) in [7, 11) is 4.71. The van der Waals surface area contributed by atoms with Gasteiger partial charge >= 0.3 is 5.69 Å². The van der Waals surface area contributed by atoms with E-state index in [0.29, 0.717) is 22.6 Å². The maximum atomic E-state index is 13.6. The SMILES string of the molecule is CNC(=O)CCO[C@@H]1[C@@H](O)[C@@H](COC(c2ccccc2)(c2ccc(OC)cc2)c2ccc(OC)cc2)O[C@H]1n1cc(C)c(NC(=O)c2ccccc2)nc1=O. The molecular formula is C42H44N4O9. The number of hydrogen-bond acceptors (Lipinski definition) is 10. The van der Waals surface area contributed by atoms with Crippen molar-refractivity contribution in [3.8, 4) is 11.5 Å². The number of aliphatic hydroxyl groups is 1. The minimum absolute atomic E-state index is 0.0102. The van der Waals surface area contributed by atoms with Gasteiger partial charge in [0.05, 0.1) is 27.4 Å². The Labute approximate surface area is 318 Å². The molecular weight excluding hydrogens is 704 g/mol. The van der Waals surface area contributed by atoms with Gasteiger partial charge in [-0.15, -0.1) is 0 Å². The Morgan fingerprint density at radius 2 is 1.42 bits per heavy atom. The second kappa shape index (κ2) is 17.5. The lowest BCUT2D eigenvalue weighted by atomic mass is 9.80. The summed E-state index contributed by atoms with van der Waals surface area (Å²) >= 11 is 0. The predicted molar refractivity (Wildman–Crippen MR) is 204 cm³/mol. The van der Waals surface area contributed by atoms with Crippen LogP contribution < -0.4 is 25.8 Å². The smallest absolute Gasteiger partial charge is 0.351 e. The van der Waals surface area contributed by atoms with E-state index in [9.17, 15) is 19.5 Å². The number of aliphatic hydroxyl groups excluding tert-OH is 1. The van der Waals surface area contributed by atoms with Crippen LogP contribution in [0.3, 0.4) is 0 Å². The van der Waals surface area contributed by atoms with Gasteiger partial charge in [0.1, 0.15) is 41.2 Å². The zero-order valence-corrected chi connectivity index (χ0v) is 31.0. The molecule has 1 aliphatic heterocycles. The van der Waals surface area contributed by atoms with Crippen molar-refractivity contribution in [2.24, 2.45) is 0 Å². The number of aryl methyl sites for hydroxylation is 1. The number of hydrogen-bond donors (Lipinski definition) is 3. The quantitative estimate of drug-likeness (QED) is 0.129. The topological polar surface area (TPSA) is 159 Å². The third-order valence-corrected chi connectivity index (χ3v) is 9.55. The summed E-state index contributed by atoms with van der Waals surface area (Å²) in [6.45, 7) is 1.47. The molecule has 2 amide bonds. The third-order valence-electron chi connectivity index (χ3n) is 9.55. The molecule has 1 fully saturated rings. The fraction of sp³-hybridized carbons (Fsp3) is 0.286. The fourth-order valence-electron chi connectivity index (χ4n) is 6.60. The van der Waals surface area contributed by atoms with Gasteiger partial charge in [-0.05, 0) is 60.0 Å². The molecule has 1 aromatic heterocycles. The molecule has 4 atom stereocenters. The van der Waals surface area contributed by atoms with Crippen molar-refractivity contribution in [3.05, 3.63) is 154 Å². The summed E-state index contributed by atoms with van der Waals surface area (Å²) in [4.78, 5) is 42.8. The van der Waals surface area contributed by atoms with Crippen LogP contribution in [0.2, 0.25) is 0 Å². The largest absolute Gasteiger partial charge is 0.497 e. The van der Waals surface area contributed by atoms with Crippen LogP contribution in [0, 0.1) is 6.92 Å². The summed E-state index contributed by atoms with van der Waals surface area (Å²) in [5.41, 5.74) is 1.25. The van der Waals surface area contributed by atoms with Crippen molar-refractivity contribution in [2.75, 3.05) is 39.8 Å². The number of anilines is 1. The molecule has 2 heterocycles. The molecule has 13 nitrogen and oxygen atoms in total. The van der Waals surface area contributed by atoms with Crippen LogP contribution >= 0.6 is 0 Å². The van der Waals surface area contributed by atoms with E-state index >= 15 is 0 Å². The van der Waals surface area contributed by atoms with Crippen molar-refractivity contribution in [3.63, 3.8) is 0 Å². The van der Waals surface area contributed by atoms with Crippen LogP contribution in [0.4, 0.5) is 5.82 Å². The maximum absolute atomic E-state index is 13.6. The van der Waals surface area contributed by atoms with Gasteiger partial charge in [0.25, 0.3) is 5.91 Å². The molecule has 3 N–H and O–H groups in total. The highest BCUT2D eigenvalue weighted by molar-refractivity contribution is 6.04. The molecule has 5 aromatic rings. The van der Waals surface area contributed by atoms with Crippen molar-refractivity contribution >= 4 is 17.6 Å². The average molecular weight is 749 g/mol. The van der Waals surface area contributed by atoms with Gasteiger partial charge in [-0.1, -0.05) is 72.8 Å². The second-order valence-electron chi connectivity index (χ2n) is 12.9. The lowest BCUT2D eigenvalue weighted by Gasteiger charge is -2.37. The third kappa shape index (κ3) is 8.45. The number of methoxy groups -OCH3 is 2. The van der Waals surface area contributed by atoms with Gasteiger partial charge in [-0.3, -0.25) is 14.2 Å². The zero-order valence-electron chi connectivity index (χ0n) is 31.0. The number of amides is 2. The molecule has 0 aliphatic carbocycles. The van der Waals surface area contributed by atoms with Gasteiger partial charge in [0, 0.05) is 30.8 Å². The highest BCUT2D eigenvalue weighted by Gasteiger charge is 2.48. The van der Waals surface area contributed by atoms with E-state index < -0.39 is 41.7 Å². The van der Waals surface area contributed by atoms with Gasteiger partial charge in [-0.2, -0.15) is 4.98 Å². The van der Waals surface area contributed by atoms with E-state index in [0.717, 1.165) is 16.7 Å². The first kappa shape index (κ1) is 38.9. The summed E-state index contributed by atoms with van der Waals surface area (Å²) in [5.74, 6) is 0.718. The van der Waals surface area contributed by atoms with Crippen LogP contribution in [-0.2, 0) is 24.6 Å². The monoisotopic (exact) mass is 748 g/mol. The summed E-state index contributed by atoms with van der Waals surface area (Å²) < 4.78 is 31.7. The average Bonchev–Trinajstić information content (AvgIpc) is 3.54. The normalized spacial score (nSPS) is 18.1. The number of benzene rings is 4. The van der Waals surface area contributed by atoms with Crippen LogP contribution in [0.25, 0.3) is 0 Å². The second-order valence-corrected chi connectivity index (χ2v) is 12.9. The number of aromatic nitrogens is 2. The van der Waals surface area contributed by atoms with E-state index in [-0.39, 0.29) is 31.4 Å². The molecule has 286 valence electrons. The summed E-state index contributed by atoms with van der Waals surface area (Å²) in [6.07, 6.45) is -3.09. The molecule has 55 heavy (non-hydrogen) atoms. The number of nitrogens with one attached hydrogen (secondary N) is 2. The Bertz CT molecular complexity index is 2060. The van der Waals surface area contributed by atoms with Crippen LogP contribution in [-0.4, -0.2) is 79.3 Å². The molecule has 0 unspecified atom stereocenters. The molecule has 0 radical (unpaired) electrons. The summed E-state index contributed by atoms with van der Waals surface area (Å²) in [5, 5.41) is 17.1. The fourth-order valence-corrected chi connectivity index (χ4v) is 6.60. The van der Waals surface area contributed by atoms with Crippen molar-refractivity contribution < 1.29 is 38.4 Å². The first-order chi connectivity index (χ1) is 26.7. The molecule has 6 rings (SSSR count). The zero-order chi connectivity index (χ0) is 39.0.